The fourth-order valence-electron chi connectivity index (χ4n) is 2.69. The summed E-state index contributed by atoms with van der Waals surface area (Å²) in [6.45, 7) is 0. The topological polar surface area (TPSA) is 85.3 Å². The Labute approximate surface area is 176 Å². The van der Waals surface area contributed by atoms with Gasteiger partial charge in [-0.15, -0.1) is 0 Å². The van der Waals surface area contributed by atoms with E-state index in [2.05, 4.69) is 15.2 Å². The number of aromatic nitrogens is 3. The minimum atomic E-state index is -5.28. The van der Waals surface area contributed by atoms with Gasteiger partial charge in [-0.1, -0.05) is 23.2 Å². The molecule has 0 aliphatic carbocycles. The first kappa shape index (κ1) is 22.2. The molecular formula is C16H6Cl2F6N4OS. The minimum Gasteiger partial charge on any atom is -0.361 e. The van der Waals surface area contributed by atoms with Crippen LogP contribution >= 0.6 is 23.2 Å². The molecule has 5 nitrogen and oxygen atoms in total. The van der Waals surface area contributed by atoms with E-state index in [1.807, 2.05) is 0 Å². The number of nitrogens with one attached hydrogen (secondary N) is 2. The number of alkyl halides is 6. The summed E-state index contributed by atoms with van der Waals surface area (Å²) in [5.74, 6) is 0. The molecule has 3 rings (SSSR count). The van der Waals surface area contributed by atoms with Gasteiger partial charge in [0.15, 0.2) is 16.5 Å². The molecule has 30 heavy (non-hydrogen) atoms. The number of nitriles is 1. The second-order valence-electron chi connectivity index (χ2n) is 5.65. The largest absolute Gasteiger partial charge is 0.476 e. The minimum absolute atomic E-state index is 0.0937. The molecule has 0 amide bonds. The first-order valence-corrected chi connectivity index (χ1v) is 9.48. The number of H-pyrrole nitrogens is 2. The summed E-state index contributed by atoms with van der Waals surface area (Å²) in [6.07, 6.45) is -3.59. The third-order valence-electron chi connectivity index (χ3n) is 3.86. The fourth-order valence-corrected chi connectivity index (χ4v) is 4.27. The van der Waals surface area contributed by atoms with Gasteiger partial charge in [0, 0.05) is 23.0 Å². The van der Waals surface area contributed by atoms with E-state index in [0.717, 1.165) is 0 Å². The molecule has 0 spiro atoms. The first-order valence-electron chi connectivity index (χ1n) is 7.58. The molecule has 2 aromatic heterocycles. The molecule has 2 N–H and O–H groups in total. The highest BCUT2D eigenvalue weighted by molar-refractivity contribution is 7.86. The molecule has 0 aliphatic rings. The summed E-state index contributed by atoms with van der Waals surface area (Å²) in [6, 6.07) is 4.47. The Bertz CT molecular complexity index is 1180. The van der Waals surface area contributed by atoms with Crippen LogP contribution in [0.1, 0.15) is 11.3 Å². The van der Waals surface area contributed by atoms with E-state index in [4.69, 9.17) is 28.5 Å². The zero-order valence-corrected chi connectivity index (χ0v) is 16.4. The van der Waals surface area contributed by atoms with Crippen LogP contribution in [-0.2, 0) is 17.0 Å². The van der Waals surface area contributed by atoms with Crippen molar-refractivity contribution in [3.8, 4) is 28.6 Å². The predicted octanol–water partition coefficient (Wildman–Crippen LogP) is 5.90. The van der Waals surface area contributed by atoms with Gasteiger partial charge < -0.3 is 4.98 Å². The monoisotopic (exact) mass is 486 g/mol. The van der Waals surface area contributed by atoms with E-state index in [9.17, 15) is 30.6 Å². The molecule has 14 heteroatoms. The summed E-state index contributed by atoms with van der Waals surface area (Å²) >= 11 is 12.1. The number of rotatable bonds is 3. The van der Waals surface area contributed by atoms with Crippen LogP contribution in [0.2, 0.25) is 10.0 Å². The van der Waals surface area contributed by atoms with Gasteiger partial charge in [-0.3, -0.25) is 5.10 Å². The van der Waals surface area contributed by atoms with Crippen LogP contribution in [0, 0.1) is 11.3 Å². The lowest BCUT2D eigenvalue weighted by atomic mass is 9.98. The van der Waals surface area contributed by atoms with Crippen molar-refractivity contribution in [3.05, 3.63) is 45.7 Å². The van der Waals surface area contributed by atoms with Crippen LogP contribution < -0.4 is 0 Å². The number of hydrogen-bond acceptors (Lipinski definition) is 3. The standard InChI is InChI=1S/C16H6Cl2F6N4OS/c17-7-4-6(15(19,20)21)10(8-2-1-3-26-8)12(18)11(7)13-14(9(5-25)27-28-13)30(29)16(22,23)24/h1-4,26H,(H,27,28). The summed E-state index contributed by atoms with van der Waals surface area (Å²) in [5, 5.41) is 13.1. The molecule has 1 unspecified atom stereocenters. The van der Waals surface area contributed by atoms with Crippen LogP contribution in [0.15, 0.2) is 29.3 Å². The van der Waals surface area contributed by atoms with Crippen molar-refractivity contribution in [2.24, 2.45) is 0 Å². The summed E-state index contributed by atoms with van der Waals surface area (Å²) in [5.41, 5.74) is -9.28. The van der Waals surface area contributed by atoms with Gasteiger partial charge in [0.2, 0.25) is 0 Å². The first-order chi connectivity index (χ1) is 13.9. The third-order valence-corrected chi connectivity index (χ3v) is 5.73. The summed E-state index contributed by atoms with van der Waals surface area (Å²) < 4.78 is 91.9. The van der Waals surface area contributed by atoms with E-state index in [1.54, 1.807) is 0 Å². The van der Waals surface area contributed by atoms with Crippen molar-refractivity contribution >= 4 is 34.0 Å². The average Bonchev–Trinajstić information content (AvgIpc) is 3.28. The predicted molar refractivity (Wildman–Crippen MR) is 96.0 cm³/mol. The van der Waals surface area contributed by atoms with Crippen molar-refractivity contribution in [2.75, 3.05) is 0 Å². The molecule has 3 aromatic rings. The van der Waals surface area contributed by atoms with Crippen LogP contribution in [0.25, 0.3) is 22.5 Å². The molecule has 0 aliphatic heterocycles. The van der Waals surface area contributed by atoms with Gasteiger partial charge in [0.25, 0.3) is 0 Å². The lowest BCUT2D eigenvalue weighted by Crippen LogP contribution is -2.17. The number of hydrogen-bond donors (Lipinski definition) is 2. The molecule has 0 fully saturated rings. The highest BCUT2D eigenvalue weighted by atomic mass is 35.5. The second kappa shape index (κ2) is 7.64. The second-order valence-corrected chi connectivity index (χ2v) is 7.85. The van der Waals surface area contributed by atoms with Crippen molar-refractivity contribution in [2.45, 2.75) is 16.6 Å². The van der Waals surface area contributed by atoms with Gasteiger partial charge in [-0.25, -0.2) is 4.21 Å². The van der Waals surface area contributed by atoms with Gasteiger partial charge >= 0.3 is 11.7 Å². The normalized spacial score (nSPS) is 13.3. The SMILES string of the molecule is N#Cc1n[nH]c(-c2c(Cl)cc(C(F)(F)F)c(-c3ccc[nH]3)c2Cl)c1S(=O)C(F)(F)F. The molecule has 1 aromatic carbocycles. The van der Waals surface area contributed by atoms with Gasteiger partial charge in [0.05, 0.1) is 21.3 Å². The van der Waals surface area contributed by atoms with Gasteiger partial charge in [-0.2, -0.15) is 36.7 Å². The van der Waals surface area contributed by atoms with Crippen LogP contribution in [0.4, 0.5) is 26.3 Å². The van der Waals surface area contributed by atoms with Gasteiger partial charge in [0.1, 0.15) is 11.0 Å². The molecule has 158 valence electrons. The molecule has 0 bridgehead atoms. The van der Waals surface area contributed by atoms with Gasteiger partial charge in [-0.05, 0) is 18.2 Å². The Morgan fingerprint density at radius 1 is 1.13 bits per heavy atom. The van der Waals surface area contributed by atoms with E-state index in [1.165, 1.54) is 24.4 Å². The average molecular weight is 487 g/mol. The van der Waals surface area contributed by atoms with Crippen molar-refractivity contribution in [1.82, 2.24) is 15.2 Å². The molecule has 2 heterocycles. The Morgan fingerprint density at radius 3 is 2.30 bits per heavy atom. The van der Waals surface area contributed by atoms with E-state index in [-0.39, 0.29) is 5.69 Å². The lowest BCUT2D eigenvalue weighted by molar-refractivity contribution is -0.137. The van der Waals surface area contributed by atoms with E-state index >= 15 is 0 Å². The Kier molecular flexibility index (Phi) is 5.66. The molecular weight excluding hydrogens is 481 g/mol. The third kappa shape index (κ3) is 3.80. The highest BCUT2D eigenvalue weighted by Gasteiger charge is 2.43. The maximum atomic E-state index is 13.6. The van der Waals surface area contributed by atoms with Crippen LogP contribution in [0.3, 0.4) is 0 Å². The van der Waals surface area contributed by atoms with Crippen molar-refractivity contribution in [1.29, 1.82) is 5.26 Å². The van der Waals surface area contributed by atoms with Crippen molar-refractivity contribution in [3.63, 3.8) is 0 Å². The van der Waals surface area contributed by atoms with Crippen LogP contribution in [0.5, 0.6) is 0 Å². The van der Waals surface area contributed by atoms with E-state index < -0.39 is 65.5 Å². The molecule has 0 radical (unpaired) electrons. The zero-order chi connectivity index (χ0) is 22.4. The Balaban J connectivity index is 2.41. The number of halogens is 8. The highest BCUT2D eigenvalue weighted by Crippen LogP contribution is 2.49. The summed E-state index contributed by atoms with van der Waals surface area (Å²) in [7, 11) is -3.74. The number of aromatic amines is 2. The fraction of sp³-hybridized carbons (Fsp3) is 0.125. The smallest absolute Gasteiger partial charge is 0.361 e. The number of nitrogens with zero attached hydrogens (tertiary/aromatic N) is 2. The Morgan fingerprint density at radius 2 is 1.80 bits per heavy atom. The quantitative estimate of drug-likeness (QED) is 0.452. The Hall–Kier alpha value is -2.49. The van der Waals surface area contributed by atoms with Crippen LogP contribution in [-0.4, -0.2) is 24.9 Å². The molecule has 0 saturated carbocycles. The van der Waals surface area contributed by atoms with Crippen molar-refractivity contribution < 1.29 is 30.6 Å². The lowest BCUT2D eigenvalue weighted by Gasteiger charge is -2.18. The maximum Gasteiger partial charge on any atom is 0.476 e. The number of benzene rings is 1. The molecule has 1 atom stereocenters. The maximum absolute atomic E-state index is 13.6. The summed E-state index contributed by atoms with van der Waals surface area (Å²) in [4.78, 5) is 1.45. The van der Waals surface area contributed by atoms with E-state index in [0.29, 0.717) is 6.07 Å². The molecule has 0 saturated heterocycles. The zero-order valence-electron chi connectivity index (χ0n) is 14.0.